The van der Waals surface area contributed by atoms with Crippen LogP contribution in [0.25, 0.3) is 0 Å². The van der Waals surface area contributed by atoms with Crippen LogP contribution in [-0.4, -0.2) is 41.2 Å². The molecule has 0 spiro atoms. The second-order valence-corrected chi connectivity index (χ2v) is 6.19. The minimum Gasteiger partial charge on any atom is -0.491 e. The predicted molar refractivity (Wildman–Crippen MR) is 98.0 cm³/mol. The van der Waals surface area contributed by atoms with Crippen LogP contribution in [0.5, 0.6) is 5.75 Å². The molecule has 0 saturated carbocycles. The monoisotopic (exact) mass is 396 g/mol. The van der Waals surface area contributed by atoms with Gasteiger partial charge in [0.1, 0.15) is 17.6 Å². The summed E-state index contributed by atoms with van der Waals surface area (Å²) >= 11 is 0. The highest BCUT2D eigenvalue weighted by atomic mass is 19.4. The Hall–Kier alpha value is -3.24. The number of aromatic nitrogens is 2. The van der Waals surface area contributed by atoms with E-state index in [9.17, 15) is 18.0 Å². The van der Waals surface area contributed by atoms with Crippen molar-refractivity contribution in [2.45, 2.75) is 25.6 Å². The molecule has 0 radical (unpaired) electrons. The summed E-state index contributed by atoms with van der Waals surface area (Å²) in [5, 5.41) is 8.29. The molecule has 1 aromatic carbocycles. The first-order valence-electron chi connectivity index (χ1n) is 8.52. The number of primary amides is 1. The van der Waals surface area contributed by atoms with Gasteiger partial charge in [0.15, 0.2) is 0 Å². The number of amides is 1. The van der Waals surface area contributed by atoms with Gasteiger partial charge in [-0.05, 0) is 31.5 Å². The van der Waals surface area contributed by atoms with E-state index in [2.05, 4.69) is 25.9 Å². The molecule has 8 nitrogen and oxygen atoms in total. The van der Waals surface area contributed by atoms with Crippen molar-refractivity contribution in [3.63, 3.8) is 0 Å². The molecule has 3 rings (SSSR count). The van der Waals surface area contributed by atoms with Crippen molar-refractivity contribution in [1.82, 2.24) is 9.97 Å². The topological polar surface area (TPSA) is 114 Å². The largest absolute Gasteiger partial charge is 0.491 e. The average molecular weight is 396 g/mol. The summed E-state index contributed by atoms with van der Waals surface area (Å²) in [5.41, 5.74) is 6.35. The maximum atomic E-state index is 12.9. The van der Waals surface area contributed by atoms with Crippen LogP contribution in [0.15, 0.2) is 24.4 Å². The van der Waals surface area contributed by atoms with E-state index in [1.165, 1.54) is 0 Å². The van der Waals surface area contributed by atoms with E-state index in [4.69, 9.17) is 10.5 Å². The number of nitrogens with two attached hydrogens (primary N) is 1. The molecule has 0 bridgehead atoms. The summed E-state index contributed by atoms with van der Waals surface area (Å²) in [4.78, 5) is 19.4. The number of hydrogen-bond acceptors (Lipinski definition) is 7. The summed E-state index contributed by atoms with van der Waals surface area (Å²) in [6, 6.07) is 3.33. The maximum absolute atomic E-state index is 12.9. The zero-order chi connectivity index (χ0) is 20.3. The lowest BCUT2D eigenvalue weighted by atomic mass is 10.2. The zero-order valence-corrected chi connectivity index (χ0v) is 14.9. The van der Waals surface area contributed by atoms with Crippen molar-refractivity contribution >= 4 is 29.0 Å². The number of alkyl halides is 3. The molecule has 150 valence electrons. The maximum Gasteiger partial charge on any atom is 0.408 e. The number of anilines is 4. The SMILES string of the molecule is CC(Nc1nc(Nc2ccc3c(c2)NCCCO3)ncc1C(N)=O)C(F)(F)F. The van der Waals surface area contributed by atoms with Crippen molar-refractivity contribution in [1.29, 1.82) is 0 Å². The summed E-state index contributed by atoms with van der Waals surface area (Å²) in [6.07, 6.45) is -2.58. The van der Waals surface area contributed by atoms with E-state index in [-0.39, 0.29) is 17.3 Å². The van der Waals surface area contributed by atoms with E-state index in [0.29, 0.717) is 18.0 Å². The minimum absolute atomic E-state index is 0.0105. The molecule has 28 heavy (non-hydrogen) atoms. The number of rotatable bonds is 5. The van der Waals surface area contributed by atoms with Crippen molar-refractivity contribution in [3.05, 3.63) is 30.0 Å². The van der Waals surface area contributed by atoms with Gasteiger partial charge < -0.3 is 26.4 Å². The first-order valence-corrected chi connectivity index (χ1v) is 8.52. The molecule has 1 aliphatic rings. The normalized spacial score (nSPS) is 14.7. The van der Waals surface area contributed by atoms with Gasteiger partial charge in [-0.15, -0.1) is 0 Å². The molecule has 2 aromatic rings. The Morgan fingerprint density at radius 1 is 1.39 bits per heavy atom. The number of fused-ring (bicyclic) bond motifs is 1. The third-order valence-corrected chi connectivity index (χ3v) is 4.03. The predicted octanol–water partition coefficient (Wildman–Crippen LogP) is 2.88. The van der Waals surface area contributed by atoms with Gasteiger partial charge in [-0.25, -0.2) is 4.98 Å². The van der Waals surface area contributed by atoms with Crippen LogP contribution in [0.3, 0.4) is 0 Å². The van der Waals surface area contributed by atoms with Gasteiger partial charge in [-0.3, -0.25) is 4.79 Å². The first kappa shape index (κ1) is 19.5. The molecule has 1 aromatic heterocycles. The lowest BCUT2D eigenvalue weighted by Gasteiger charge is -2.19. The third-order valence-electron chi connectivity index (χ3n) is 4.03. The van der Waals surface area contributed by atoms with Crippen LogP contribution in [-0.2, 0) is 0 Å². The lowest BCUT2D eigenvalue weighted by molar-refractivity contribution is -0.138. The summed E-state index contributed by atoms with van der Waals surface area (Å²) in [5.74, 6) is -0.522. The fourth-order valence-electron chi connectivity index (χ4n) is 2.50. The third kappa shape index (κ3) is 4.53. The standard InChI is InChI=1S/C17H19F3N6O2/c1-9(17(18,19)20)24-15-11(14(21)27)8-23-16(26-15)25-10-3-4-13-12(7-10)22-5-2-6-28-13/h3-4,7-9,22H,2,5-6H2,1H3,(H2,21,27)(H2,23,24,25,26). The Bertz CT molecular complexity index is 874. The fraction of sp³-hybridized carbons (Fsp3) is 0.353. The number of nitrogens with one attached hydrogen (secondary N) is 3. The molecular formula is C17H19F3N6O2. The molecular weight excluding hydrogens is 377 g/mol. The molecule has 11 heteroatoms. The average Bonchev–Trinajstić information content (AvgIpc) is 2.86. The van der Waals surface area contributed by atoms with Crippen molar-refractivity contribution in [2.24, 2.45) is 5.73 Å². The molecule has 1 amide bonds. The molecule has 0 aliphatic carbocycles. The summed E-state index contributed by atoms with van der Waals surface area (Å²) < 4.78 is 44.2. The molecule has 0 saturated heterocycles. The Labute approximate surface area is 158 Å². The van der Waals surface area contributed by atoms with Crippen molar-refractivity contribution in [3.8, 4) is 5.75 Å². The van der Waals surface area contributed by atoms with Gasteiger partial charge in [-0.2, -0.15) is 18.2 Å². The highest BCUT2D eigenvalue weighted by molar-refractivity contribution is 5.97. The minimum atomic E-state index is -4.52. The van der Waals surface area contributed by atoms with Crippen LogP contribution in [0.4, 0.5) is 36.3 Å². The number of carbonyl (C=O) groups excluding carboxylic acids is 1. The Morgan fingerprint density at radius 2 is 2.18 bits per heavy atom. The van der Waals surface area contributed by atoms with Crippen molar-refractivity contribution < 1.29 is 22.7 Å². The molecule has 1 atom stereocenters. The van der Waals surface area contributed by atoms with E-state index >= 15 is 0 Å². The van der Waals surface area contributed by atoms with Crippen LogP contribution in [0.2, 0.25) is 0 Å². The van der Waals surface area contributed by atoms with Crippen LogP contribution >= 0.6 is 0 Å². The van der Waals surface area contributed by atoms with Crippen LogP contribution < -0.4 is 26.4 Å². The van der Waals surface area contributed by atoms with Gasteiger partial charge >= 0.3 is 6.18 Å². The highest BCUT2D eigenvalue weighted by Crippen LogP contribution is 2.31. The Kier molecular flexibility index (Phi) is 5.43. The van der Waals surface area contributed by atoms with E-state index in [1.54, 1.807) is 18.2 Å². The summed E-state index contributed by atoms with van der Waals surface area (Å²) in [7, 11) is 0. The second-order valence-electron chi connectivity index (χ2n) is 6.19. The van der Waals surface area contributed by atoms with Gasteiger partial charge in [0, 0.05) is 18.4 Å². The number of nitrogens with zero attached hydrogens (tertiary/aromatic N) is 2. The quantitative estimate of drug-likeness (QED) is 0.614. The molecule has 1 unspecified atom stereocenters. The molecule has 0 fully saturated rings. The number of carbonyl (C=O) groups is 1. The fourth-order valence-corrected chi connectivity index (χ4v) is 2.50. The van der Waals surface area contributed by atoms with Gasteiger partial charge in [0.25, 0.3) is 5.91 Å². The van der Waals surface area contributed by atoms with Crippen LogP contribution in [0.1, 0.15) is 23.7 Å². The van der Waals surface area contributed by atoms with E-state index in [0.717, 1.165) is 31.8 Å². The van der Waals surface area contributed by atoms with Gasteiger partial charge in [0.2, 0.25) is 5.95 Å². The first-order chi connectivity index (χ1) is 13.2. The molecule has 1 aliphatic heterocycles. The molecule has 5 N–H and O–H groups in total. The highest BCUT2D eigenvalue weighted by Gasteiger charge is 2.36. The zero-order valence-electron chi connectivity index (χ0n) is 14.9. The number of halogens is 3. The Balaban J connectivity index is 1.85. The number of benzene rings is 1. The van der Waals surface area contributed by atoms with Crippen LogP contribution in [0, 0.1) is 0 Å². The Morgan fingerprint density at radius 3 is 2.89 bits per heavy atom. The van der Waals surface area contributed by atoms with Gasteiger partial charge in [-0.1, -0.05) is 0 Å². The lowest BCUT2D eigenvalue weighted by Crippen LogP contribution is -2.34. The summed E-state index contributed by atoms with van der Waals surface area (Å²) in [6.45, 7) is 2.28. The van der Waals surface area contributed by atoms with Gasteiger partial charge in [0.05, 0.1) is 17.9 Å². The number of hydrogen-bond donors (Lipinski definition) is 4. The molecule has 2 heterocycles. The smallest absolute Gasteiger partial charge is 0.408 e. The van der Waals surface area contributed by atoms with Crippen molar-refractivity contribution in [2.75, 3.05) is 29.1 Å². The second kappa shape index (κ2) is 7.79. The number of ether oxygens (including phenoxy) is 1. The van der Waals surface area contributed by atoms with E-state index < -0.39 is 18.1 Å². The van der Waals surface area contributed by atoms with E-state index in [1.807, 2.05) is 0 Å².